The number of hydrogen-bond acceptors (Lipinski definition) is 4. The third-order valence-electron chi connectivity index (χ3n) is 4.48. The molecule has 1 aliphatic carbocycles. The molecule has 2 heterocycles. The number of nitrogens with zero attached hydrogens (tertiary/aromatic N) is 3. The number of hydrogen-bond donors (Lipinski definition) is 1. The molecular formula is C15H20N4O2. The fraction of sp³-hybridized carbons (Fsp3) is 0.600. The lowest BCUT2D eigenvalue weighted by atomic mass is 9.89. The topological polar surface area (TPSA) is 75.2 Å². The highest BCUT2D eigenvalue weighted by molar-refractivity contribution is 6.00. The van der Waals surface area contributed by atoms with E-state index in [4.69, 9.17) is 0 Å². The van der Waals surface area contributed by atoms with Gasteiger partial charge < -0.3 is 10.2 Å². The molecule has 112 valence electrons. The molecule has 3 rings (SSSR count). The molecule has 0 spiro atoms. The van der Waals surface area contributed by atoms with Crippen molar-refractivity contribution in [3.8, 4) is 0 Å². The predicted octanol–water partition coefficient (Wildman–Crippen LogP) is 0.882. The molecule has 6 heteroatoms. The van der Waals surface area contributed by atoms with Crippen molar-refractivity contribution >= 4 is 11.8 Å². The van der Waals surface area contributed by atoms with Crippen LogP contribution in [0.2, 0.25) is 0 Å². The van der Waals surface area contributed by atoms with E-state index in [-0.39, 0.29) is 24.3 Å². The van der Waals surface area contributed by atoms with Crippen molar-refractivity contribution in [2.45, 2.75) is 51.2 Å². The van der Waals surface area contributed by atoms with Crippen molar-refractivity contribution in [2.24, 2.45) is 5.92 Å². The van der Waals surface area contributed by atoms with E-state index in [0.717, 1.165) is 12.8 Å². The zero-order valence-corrected chi connectivity index (χ0v) is 12.4. The summed E-state index contributed by atoms with van der Waals surface area (Å²) in [5, 5.41) is 2.95. The molecule has 1 N–H and O–H groups in total. The van der Waals surface area contributed by atoms with Crippen molar-refractivity contribution < 1.29 is 9.59 Å². The lowest BCUT2D eigenvalue weighted by molar-refractivity contribution is -0.156. The lowest BCUT2D eigenvalue weighted by Crippen LogP contribution is -2.69. The van der Waals surface area contributed by atoms with E-state index in [1.54, 1.807) is 23.4 Å². The molecule has 0 bridgehead atoms. The van der Waals surface area contributed by atoms with Gasteiger partial charge in [0, 0.05) is 12.4 Å². The highest BCUT2D eigenvalue weighted by atomic mass is 16.2. The van der Waals surface area contributed by atoms with Crippen LogP contribution in [0.5, 0.6) is 0 Å². The van der Waals surface area contributed by atoms with Crippen molar-refractivity contribution in [3.05, 3.63) is 24.3 Å². The normalized spacial score (nSPS) is 29.4. The summed E-state index contributed by atoms with van der Waals surface area (Å²) in [7, 11) is 0. The van der Waals surface area contributed by atoms with Gasteiger partial charge in [0.15, 0.2) is 0 Å². The maximum absolute atomic E-state index is 12.9. The minimum atomic E-state index is -0.766. The molecule has 6 nitrogen and oxygen atoms in total. The summed E-state index contributed by atoms with van der Waals surface area (Å²) in [6, 6.07) is 1.30. The number of carbonyl (C=O) groups excluding carboxylic acids is 2. The van der Waals surface area contributed by atoms with Crippen LogP contribution in [-0.2, 0) is 16.1 Å². The molecule has 2 amide bonds. The quantitative estimate of drug-likeness (QED) is 0.892. The van der Waals surface area contributed by atoms with Crippen molar-refractivity contribution in [1.82, 2.24) is 20.2 Å². The Labute approximate surface area is 124 Å². The molecule has 2 aliphatic rings. The Bertz CT molecular complexity index is 558. The van der Waals surface area contributed by atoms with Gasteiger partial charge >= 0.3 is 0 Å². The van der Waals surface area contributed by atoms with Crippen LogP contribution in [0.3, 0.4) is 0 Å². The van der Waals surface area contributed by atoms with Gasteiger partial charge in [0.25, 0.3) is 0 Å². The largest absolute Gasteiger partial charge is 0.340 e. The Morgan fingerprint density at radius 2 is 2.00 bits per heavy atom. The van der Waals surface area contributed by atoms with Crippen molar-refractivity contribution in [2.75, 3.05) is 0 Å². The summed E-state index contributed by atoms with van der Waals surface area (Å²) in [6.07, 6.45) is 5.88. The second kappa shape index (κ2) is 5.09. The van der Waals surface area contributed by atoms with Crippen LogP contribution in [0, 0.1) is 5.92 Å². The average molecular weight is 288 g/mol. The molecule has 1 aromatic rings. The Hall–Kier alpha value is -1.98. The van der Waals surface area contributed by atoms with Crippen LogP contribution in [0.4, 0.5) is 0 Å². The maximum atomic E-state index is 12.9. The smallest absolute Gasteiger partial charge is 0.249 e. The SMILES string of the molecule is CCC1C(=O)NC(C)(C2CC2)C(=O)N1Cc1ncccn1. The van der Waals surface area contributed by atoms with E-state index in [9.17, 15) is 9.59 Å². The molecule has 2 unspecified atom stereocenters. The van der Waals surface area contributed by atoms with Crippen molar-refractivity contribution in [1.29, 1.82) is 0 Å². The Balaban J connectivity index is 1.89. The molecule has 1 aliphatic heterocycles. The summed E-state index contributed by atoms with van der Waals surface area (Å²) >= 11 is 0. The summed E-state index contributed by atoms with van der Waals surface area (Å²) in [5.41, 5.74) is -0.766. The third-order valence-corrected chi connectivity index (χ3v) is 4.48. The monoisotopic (exact) mass is 288 g/mol. The first-order valence-electron chi connectivity index (χ1n) is 7.45. The summed E-state index contributed by atoms with van der Waals surface area (Å²) < 4.78 is 0. The number of rotatable bonds is 4. The minimum Gasteiger partial charge on any atom is -0.340 e. The number of amides is 2. The van der Waals surface area contributed by atoms with Gasteiger partial charge in [-0.15, -0.1) is 0 Å². The van der Waals surface area contributed by atoms with E-state index < -0.39 is 11.6 Å². The molecule has 0 aromatic carbocycles. The van der Waals surface area contributed by atoms with Crippen LogP contribution in [0.15, 0.2) is 18.5 Å². The Kier molecular flexibility index (Phi) is 3.39. The first kappa shape index (κ1) is 14.0. The molecule has 2 fully saturated rings. The summed E-state index contributed by atoms with van der Waals surface area (Å²) in [5.74, 6) is 0.745. The van der Waals surface area contributed by atoms with Crippen LogP contribution >= 0.6 is 0 Å². The number of piperazine rings is 1. The first-order valence-corrected chi connectivity index (χ1v) is 7.45. The van der Waals surface area contributed by atoms with E-state index >= 15 is 0 Å². The molecule has 2 atom stereocenters. The fourth-order valence-corrected chi connectivity index (χ4v) is 3.06. The van der Waals surface area contributed by atoms with Gasteiger partial charge in [-0.25, -0.2) is 9.97 Å². The molecule has 21 heavy (non-hydrogen) atoms. The molecule has 1 aromatic heterocycles. The average Bonchev–Trinajstić information content (AvgIpc) is 3.31. The molecular weight excluding hydrogens is 268 g/mol. The molecule has 0 radical (unpaired) electrons. The molecule has 1 saturated carbocycles. The summed E-state index contributed by atoms with van der Waals surface area (Å²) in [4.78, 5) is 35.3. The Morgan fingerprint density at radius 1 is 1.33 bits per heavy atom. The van der Waals surface area contributed by atoms with Gasteiger partial charge in [-0.2, -0.15) is 0 Å². The van der Waals surface area contributed by atoms with Gasteiger partial charge in [-0.1, -0.05) is 6.92 Å². The van der Waals surface area contributed by atoms with E-state index in [1.165, 1.54) is 0 Å². The van der Waals surface area contributed by atoms with Crippen LogP contribution < -0.4 is 5.32 Å². The second-order valence-corrected chi connectivity index (χ2v) is 5.99. The maximum Gasteiger partial charge on any atom is 0.249 e. The zero-order valence-electron chi connectivity index (χ0n) is 12.4. The van der Waals surface area contributed by atoms with E-state index in [0.29, 0.717) is 12.2 Å². The first-order chi connectivity index (χ1) is 10.1. The lowest BCUT2D eigenvalue weighted by Gasteiger charge is -2.44. The number of carbonyl (C=O) groups is 2. The highest BCUT2D eigenvalue weighted by Crippen LogP contribution is 2.42. The minimum absolute atomic E-state index is 0.0103. The zero-order chi connectivity index (χ0) is 15.0. The second-order valence-electron chi connectivity index (χ2n) is 5.99. The van der Waals surface area contributed by atoms with Crippen LogP contribution in [-0.4, -0.2) is 38.3 Å². The number of aromatic nitrogens is 2. The number of nitrogens with one attached hydrogen (secondary N) is 1. The van der Waals surface area contributed by atoms with Gasteiger partial charge in [0.05, 0.1) is 6.54 Å². The van der Waals surface area contributed by atoms with Gasteiger partial charge in [0.1, 0.15) is 17.4 Å². The van der Waals surface area contributed by atoms with E-state index in [2.05, 4.69) is 15.3 Å². The van der Waals surface area contributed by atoms with Crippen LogP contribution in [0.25, 0.3) is 0 Å². The van der Waals surface area contributed by atoms with Crippen LogP contribution in [0.1, 0.15) is 38.9 Å². The predicted molar refractivity (Wildman–Crippen MR) is 75.9 cm³/mol. The van der Waals surface area contributed by atoms with Gasteiger partial charge in [0.2, 0.25) is 11.8 Å². The third kappa shape index (κ3) is 2.39. The molecule has 1 saturated heterocycles. The summed E-state index contributed by atoms with van der Waals surface area (Å²) in [6.45, 7) is 4.04. The fourth-order valence-electron chi connectivity index (χ4n) is 3.06. The highest BCUT2D eigenvalue weighted by Gasteiger charge is 2.55. The van der Waals surface area contributed by atoms with Gasteiger partial charge in [-0.05, 0) is 38.2 Å². The van der Waals surface area contributed by atoms with Crippen molar-refractivity contribution in [3.63, 3.8) is 0 Å². The standard InChI is InChI=1S/C15H20N4O2/c1-3-11-13(20)18-15(2,10-5-6-10)14(21)19(11)9-12-16-7-4-8-17-12/h4,7-8,10-11H,3,5-6,9H2,1-2H3,(H,18,20). The van der Waals surface area contributed by atoms with Gasteiger partial charge in [-0.3, -0.25) is 9.59 Å². The Morgan fingerprint density at radius 3 is 2.57 bits per heavy atom. The van der Waals surface area contributed by atoms with E-state index in [1.807, 2.05) is 13.8 Å².